The summed E-state index contributed by atoms with van der Waals surface area (Å²) in [6.07, 6.45) is 7.39. The van der Waals surface area contributed by atoms with Crippen LogP contribution in [-0.4, -0.2) is 28.0 Å². The highest BCUT2D eigenvalue weighted by molar-refractivity contribution is 7.99. The molecule has 0 radical (unpaired) electrons. The van der Waals surface area contributed by atoms with E-state index in [1.807, 2.05) is 50.2 Å². The number of benzene rings is 2. The Morgan fingerprint density at radius 1 is 0.974 bits per heavy atom. The molecule has 1 saturated heterocycles. The molecular formula is C29H33FN6OS. The number of nitrogen functional groups attached to an aromatic ring is 1. The highest BCUT2D eigenvalue weighted by atomic mass is 32.2. The van der Waals surface area contributed by atoms with Crippen LogP contribution in [-0.2, 0) is 5.75 Å². The zero-order valence-electron chi connectivity index (χ0n) is 21.7. The van der Waals surface area contributed by atoms with Crippen molar-refractivity contribution in [2.75, 3.05) is 23.5 Å². The summed E-state index contributed by atoms with van der Waals surface area (Å²) in [7, 11) is 0. The second kappa shape index (κ2) is 13.7. The van der Waals surface area contributed by atoms with Gasteiger partial charge in [-0.25, -0.2) is 19.3 Å². The molecule has 0 bridgehead atoms. The van der Waals surface area contributed by atoms with Crippen LogP contribution < -0.4 is 20.5 Å². The van der Waals surface area contributed by atoms with Gasteiger partial charge in [0.15, 0.2) is 5.82 Å². The lowest BCUT2D eigenvalue weighted by Crippen LogP contribution is -2.21. The molecule has 4 aromatic rings. The first-order chi connectivity index (χ1) is 18.5. The topological polar surface area (TPSA) is 98.0 Å². The van der Waals surface area contributed by atoms with Crippen molar-refractivity contribution < 1.29 is 9.13 Å². The van der Waals surface area contributed by atoms with Crippen molar-refractivity contribution in [1.29, 1.82) is 0 Å². The molecule has 4 N–H and O–H groups in total. The molecule has 2 aromatic heterocycles. The summed E-state index contributed by atoms with van der Waals surface area (Å²) in [6, 6.07) is 16.7. The largest absolute Gasteiger partial charge is 0.438 e. The Hall–Kier alpha value is -3.69. The van der Waals surface area contributed by atoms with Gasteiger partial charge in [0.1, 0.15) is 5.75 Å². The van der Waals surface area contributed by atoms with Crippen LogP contribution in [0.15, 0.2) is 67.0 Å². The van der Waals surface area contributed by atoms with E-state index < -0.39 is 5.82 Å². The minimum atomic E-state index is -0.396. The molecule has 1 fully saturated rings. The zero-order chi connectivity index (χ0) is 26.7. The molecule has 9 heteroatoms. The van der Waals surface area contributed by atoms with E-state index >= 15 is 0 Å². The first-order valence-corrected chi connectivity index (χ1v) is 13.7. The molecule has 7 nitrogen and oxygen atoms in total. The molecule has 3 heterocycles. The maximum atomic E-state index is 15.0. The van der Waals surface area contributed by atoms with Gasteiger partial charge < -0.3 is 20.5 Å². The molecule has 0 unspecified atom stereocenters. The average molecular weight is 533 g/mol. The number of aromatic nitrogens is 3. The molecule has 1 aliphatic heterocycles. The van der Waals surface area contributed by atoms with Crippen molar-refractivity contribution in [3.8, 4) is 22.9 Å². The number of rotatable bonds is 7. The molecule has 0 amide bonds. The average Bonchev–Trinajstić information content (AvgIpc) is 2.95. The molecule has 0 spiro atoms. The fourth-order valence-corrected chi connectivity index (χ4v) is 4.77. The predicted octanol–water partition coefficient (Wildman–Crippen LogP) is 6.69. The van der Waals surface area contributed by atoms with Crippen molar-refractivity contribution in [1.82, 2.24) is 20.3 Å². The van der Waals surface area contributed by atoms with Gasteiger partial charge in [-0.1, -0.05) is 36.8 Å². The van der Waals surface area contributed by atoms with Gasteiger partial charge in [-0.2, -0.15) is 0 Å². The number of halogens is 1. The van der Waals surface area contributed by atoms with Crippen LogP contribution in [0.1, 0.15) is 36.0 Å². The summed E-state index contributed by atoms with van der Waals surface area (Å²) in [5.74, 6) is 1.18. The van der Waals surface area contributed by atoms with Crippen LogP contribution >= 0.6 is 11.9 Å². The molecule has 198 valence electrons. The summed E-state index contributed by atoms with van der Waals surface area (Å²) in [6.45, 7) is 6.25. The summed E-state index contributed by atoms with van der Waals surface area (Å²) in [4.78, 5) is 12.5. The summed E-state index contributed by atoms with van der Waals surface area (Å²) < 4.78 is 24.2. The summed E-state index contributed by atoms with van der Waals surface area (Å²) in [5, 5.41) is 3.28. The quantitative estimate of drug-likeness (QED) is 0.227. The van der Waals surface area contributed by atoms with Crippen LogP contribution in [0.25, 0.3) is 11.3 Å². The van der Waals surface area contributed by atoms with E-state index in [-0.39, 0.29) is 5.95 Å². The van der Waals surface area contributed by atoms with Gasteiger partial charge in [-0.15, -0.1) is 0 Å². The fourth-order valence-electron chi connectivity index (χ4n) is 3.94. The van der Waals surface area contributed by atoms with Gasteiger partial charge in [0.2, 0.25) is 11.8 Å². The number of hydrogen-bond acceptors (Lipinski definition) is 8. The van der Waals surface area contributed by atoms with Crippen LogP contribution in [0.5, 0.6) is 11.6 Å². The SMILES string of the molecule is C1CCNCC1.Cc1c(Oc2ncccc2-c2ccnc(N)n2)cc(F)c(NSCc2ccccc2)c1C. The Kier molecular flexibility index (Phi) is 9.89. The third-order valence-electron chi connectivity index (χ3n) is 6.19. The minimum Gasteiger partial charge on any atom is -0.438 e. The van der Waals surface area contributed by atoms with E-state index in [9.17, 15) is 4.39 Å². The highest BCUT2D eigenvalue weighted by Gasteiger charge is 2.17. The first kappa shape index (κ1) is 27.3. The molecule has 5 rings (SSSR count). The predicted molar refractivity (Wildman–Crippen MR) is 154 cm³/mol. The van der Waals surface area contributed by atoms with Gasteiger partial charge in [-0.05, 0) is 86.6 Å². The lowest BCUT2D eigenvalue weighted by Gasteiger charge is -2.17. The molecule has 38 heavy (non-hydrogen) atoms. The maximum absolute atomic E-state index is 15.0. The van der Waals surface area contributed by atoms with Crippen LogP contribution in [0.4, 0.5) is 16.0 Å². The smallest absolute Gasteiger partial charge is 0.228 e. The lowest BCUT2D eigenvalue weighted by atomic mass is 10.1. The molecule has 0 saturated carbocycles. The van der Waals surface area contributed by atoms with Gasteiger partial charge >= 0.3 is 0 Å². The Balaban J connectivity index is 0.000000494. The number of pyridine rings is 1. The Bertz CT molecular complexity index is 1320. The van der Waals surface area contributed by atoms with E-state index in [1.54, 1.807) is 24.5 Å². The number of nitrogens with one attached hydrogen (secondary N) is 2. The third-order valence-corrected chi connectivity index (χ3v) is 7.02. The molecule has 2 aromatic carbocycles. The van der Waals surface area contributed by atoms with Crippen molar-refractivity contribution in [2.45, 2.75) is 38.9 Å². The van der Waals surface area contributed by atoms with Gasteiger partial charge in [0.25, 0.3) is 0 Å². The van der Waals surface area contributed by atoms with Crippen LogP contribution in [0.2, 0.25) is 0 Å². The summed E-state index contributed by atoms with van der Waals surface area (Å²) in [5.41, 5.74) is 10.1. The Labute approximate surface area is 227 Å². The zero-order valence-corrected chi connectivity index (χ0v) is 22.5. The number of ether oxygens (including phenoxy) is 1. The Morgan fingerprint density at radius 2 is 1.76 bits per heavy atom. The molecule has 0 atom stereocenters. The van der Waals surface area contributed by atoms with Crippen molar-refractivity contribution in [3.63, 3.8) is 0 Å². The number of anilines is 2. The lowest BCUT2D eigenvalue weighted by molar-refractivity contribution is 0.456. The van der Waals surface area contributed by atoms with E-state index in [4.69, 9.17) is 10.5 Å². The summed E-state index contributed by atoms with van der Waals surface area (Å²) >= 11 is 1.44. The van der Waals surface area contributed by atoms with E-state index in [1.165, 1.54) is 50.4 Å². The molecule has 0 aliphatic carbocycles. The second-order valence-corrected chi connectivity index (χ2v) is 9.71. The maximum Gasteiger partial charge on any atom is 0.228 e. The van der Waals surface area contributed by atoms with E-state index in [2.05, 4.69) is 25.0 Å². The van der Waals surface area contributed by atoms with E-state index in [0.717, 1.165) is 22.4 Å². The fraction of sp³-hybridized carbons (Fsp3) is 0.276. The Morgan fingerprint density at radius 3 is 2.45 bits per heavy atom. The van der Waals surface area contributed by atoms with Gasteiger partial charge in [0.05, 0.1) is 16.9 Å². The van der Waals surface area contributed by atoms with Crippen LogP contribution in [0, 0.1) is 19.7 Å². The molecule has 1 aliphatic rings. The second-order valence-electron chi connectivity index (χ2n) is 8.93. The number of nitrogens with zero attached hydrogens (tertiary/aromatic N) is 3. The normalized spacial score (nSPS) is 12.8. The minimum absolute atomic E-state index is 0.152. The number of hydrogen-bond donors (Lipinski definition) is 3. The van der Waals surface area contributed by atoms with E-state index in [0.29, 0.717) is 28.6 Å². The number of piperidine rings is 1. The first-order valence-electron chi connectivity index (χ1n) is 12.7. The van der Waals surface area contributed by atoms with Crippen molar-refractivity contribution >= 4 is 23.6 Å². The highest BCUT2D eigenvalue weighted by Crippen LogP contribution is 2.37. The van der Waals surface area contributed by atoms with Crippen molar-refractivity contribution in [3.05, 3.63) is 89.5 Å². The third kappa shape index (κ3) is 7.43. The molecular weight excluding hydrogens is 499 g/mol. The number of nitrogens with two attached hydrogens (primary N) is 1. The van der Waals surface area contributed by atoms with Crippen molar-refractivity contribution in [2.24, 2.45) is 0 Å². The standard InChI is InChI=1S/C24H22FN5OS.C5H11N/c1-15-16(2)22(30-32-14-17-7-4-3-5-8-17)19(25)13-21(15)31-23-18(9-6-11-27-23)20-10-12-28-24(26)29-20;1-2-4-6-5-3-1/h3-13,30H,14H2,1-2H3,(H2,26,28,29);6H,1-5H2. The monoisotopic (exact) mass is 532 g/mol. The van der Waals surface area contributed by atoms with Gasteiger partial charge in [0, 0.05) is 24.2 Å². The van der Waals surface area contributed by atoms with Crippen LogP contribution in [0.3, 0.4) is 0 Å². The van der Waals surface area contributed by atoms with Gasteiger partial charge in [-0.3, -0.25) is 0 Å².